The lowest BCUT2D eigenvalue weighted by Crippen LogP contribution is -2.36. The van der Waals surface area contributed by atoms with E-state index in [1.807, 2.05) is 60.7 Å². The molecule has 1 aliphatic heterocycles. The number of hydrogen-bond acceptors (Lipinski definition) is 4. The summed E-state index contributed by atoms with van der Waals surface area (Å²) in [5.41, 5.74) is 3.51. The SMILES string of the molecule is O=C(OCN(Cc1ccccc1)Cc1ccccc1)[C@H]1CCc2ccccc2O1. The van der Waals surface area contributed by atoms with E-state index >= 15 is 0 Å². The molecule has 148 valence electrons. The fourth-order valence-electron chi connectivity index (χ4n) is 3.57. The van der Waals surface area contributed by atoms with Crippen molar-refractivity contribution in [3.63, 3.8) is 0 Å². The summed E-state index contributed by atoms with van der Waals surface area (Å²) in [4.78, 5) is 14.8. The Morgan fingerprint density at radius 1 is 0.862 bits per heavy atom. The molecule has 0 amide bonds. The molecule has 29 heavy (non-hydrogen) atoms. The summed E-state index contributed by atoms with van der Waals surface area (Å²) < 4.78 is 11.5. The minimum atomic E-state index is -0.541. The highest BCUT2D eigenvalue weighted by Gasteiger charge is 2.27. The van der Waals surface area contributed by atoms with Crippen molar-refractivity contribution in [1.29, 1.82) is 0 Å². The number of esters is 1. The molecule has 4 nitrogen and oxygen atoms in total. The number of ether oxygens (including phenoxy) is 2. The quantitative estimate of drug-likeness (QED) is 0.439. The third kappa shape index (κ3) is 5.24. The number of nitrogens with zero attached hydrogens (tertiary/aromatic N) is 1. The van der Waals surface area contributed by atoms with Gasteiger partial charge in [0.25, 0.3) is 0 Å². The van der Waals surface area contributed by atoms with Gasteiger partial charge in [0.05, 0.1) is 0 Å². The van der Waals surface area contributed by atoms with Gasteiger partial charge in [0.15, 0.2) is 6.10 Å². The number of para-hydroxylation sites is 1. The molecule has 1 aliphatic rings. The second-order valence-electron chi connectivity index (χ2n) is 7.30. The normalized spacial score (nSPS) is 15.4. The molecule has 1 atom stereocenters. The Kier molecular flexibility index (Phi) is 6.22. The van der Waals surface area contributed by atoms with Crippen molar-refractivity contribution >= 4 is 5.97 Å². The standard InChI is InChI=1S/C25H25NO3/c27-25(24-16-15-22-13-7-8-14-23(22)29-24)28-19-26(17-20-9-3-1-4-10-20)18-21-11-5-2-6-12-21/h1-14,24H,15-19H2/t24-/m1/s1. The highest BCUT2D eigenvalue weighted by Crippen LogP contribution is 2.27. The van der Waals surface area contributed by atoms with Crippen molar-refractivity contribution in [3.05, 3.63) is 102 Å². The maximum atomic E-state index is 12.6. The molecule has 0 aromatic heterocycles. The highest BCUT2D eigenvalue weighted by atomic mass is 16.6. The van der Waals surface area contributed by atoms with Gasteiger partial charge in [0, 0.05) is 13.1 Å². The number of aryl methyl sites for hydroxylation is 1. The summed E-state index contributed by atoms with van der Waals surface area (Å²) >= 11 is 0. The summed E-state index contributed by atoms with van der Waals surface area (Å²) in [6, 6.07) is 28.3. The van der Waals surface area contributed by atoms with E-state index in [4.69, 9.17) is 9.47 Å². The van der Waals surface area contributed by atoms with Gasteiger partial charge in [-0.2, -0.15) is 0 Å². The predicted molar refractivity (Wildman–Crippen MR) is 112 cm³/mol. The molecule has 4 heteroatoms. The Bertz CT molecular complexity index is 886. The number of rotatable bonds is 7. The fraction of sp³-hybridized carbons (Fsp3) is 0.240. The Balaban J connectivity index is 1.38. The molecule has 3 aromatic rings. The van der Waals surface area contributed by atoms with Crippen molar-refractivity contribution in [2.75, 3.05) is 6.73 Å². The Morgan fingerprint density at radius 2 is 1.45 bits per heavy atom. The van der Waals surface area contributed by atoms with Crippen LogP contribution in [0.5, 0.6) is 5.75 Å². The van der Waals surface area contributed by atoms with Gasteiger partial charge in [0.2, 0.25) is 0 Å². The van der Waals surface area contributed by atoms with Crippen LogP contribution >= 0.6 is 0 Å². The second kappa shape index (κ2) is 9.39. The van der Waals surface area contributed by atoms with Crippen molar-refractivity contribution < 1.29 is 14.3 Å². The summed E-state index contributed by atoms with van der Waals surface area (Å²) in [7, 11) is 0. The number of carbonyl (C=O) groups is 1. The van der Waals surface area contributed by atoms with Gasteiger partial charge >= 0.3 is 5.97 Å². The van der Waals surface area contributed by atoms with Crippen LogP contribution in [0, 0.1) is 0 Å². The van der Waals surface area contributed by atoms with E-state index in [2.05, 4.69) is 29.2 Å². The maximum absolute atomic E-state index is 12.6. The van der Waals surface area contributed by atoms with Crippen LogP contribution in [-0.4, -0.2) is 23.7 Å². The zero-order valence-corrected chi connectivity index (χ0v) is 16.4. The zero-order chi connectivity index (χ0) is 19.9. The molecule has 0 saturated heterocycles. The van der Waals surface area contributed by atoms with Gasteiger partial charge < -0.3 is 9.47 Å². The van der Waals surface area contributed by atoms with Crippen LogP contribution < -0.4 is 4.74 Å². The Labute approximate surface area is 171 Å². The Morgan fingerprint density at radius 3 is 2.10 bits per heavy atom. The zero-order valence-electron chi connectivity index (χ0n) is 16.4. The average Bonchev–Trinajstić information content (AvgIpc) is 2.78. The Hall–Kier alpha value is -3.11. The van der Waals surface area contributed by atoms with E-state index < -0.39 is 6.10 Å². The van der Waals surface area contributed by atoms with Crippen molar-refractivity contribution in [2.45, 2.75) is 32.0 Å². The molecule has 3 aromatic carbocycles. The molecule has 0 saturated carbocycles. The molecule has 0 fully saturated rings. The van der Waals surface area contributed by atoms with E-state index in [1.165, 1.54) is 11.1 Å². The third-order valence-corrected chi connectivity index (χ3v) is 5.07. The monoisotopic (exact) mass is 387 g/mol. The van der Waals surface area contributed by atoms with Gasteiger partial charge in [-0.25, -0.2) is 4.79 Å². The van der Waals surface area contributed by atoms with Crippen molar-refractivity contribution in [3.8, 4) is 5.75 Å². The second-order valence-corrected chi connectivity index (χ2v) is 7.30. The summed E-state index contributed by atoms with van der Waals surface area (Å²) in [5, 5.41) is 0. The first-order chi connectivity index (χ1) is 14.3. The van der Waals surface area contributed by atoms with E-state index in [-0.39, 0.29) is 12.7 Å². The highest BCUT2D eigenvalue weighted by molar-refractivity contribution is 5.75. The van der Waals surface area contributed by atoms with Crippen LogP contribution in [0.1, 0.15) is 23.1 Å². The lowest BCUT2D eigenvalue weighted by atomic mass is 10.0. The van der Waals surface area contributed by atoms with Crippen molar-refractivity contribution in [2.24, 2.45) is 0 Å². The van der Waals surface area contributed by atoms with Gasteiger partial charge in [0.1, 0.15) is 12.5 Å². The lowest BCUT2D eigenvalue weighted by Gasteiger charge is -2.27. The summed E-state index contributed by atoms with van der Waals surface area (Å²) in [5.74, 6) is 0.483. The van der Waals surface area contributed by atoms with Crippen molar-refractivity contribution in [1.82, 2.24) is 4.90 Å². The predicted octanol–water partition coefficient (Wildman–Crippen LogP) is 4.58. The molecule has 0 spiro atoms. The van der Waals surface area contributed by atoms with Gasteiger partial charge in [-0.05, 0) is 35.6 Å². The van der Waals surface area contributed by atoms with Crippen LogP contribution in [0.4, 0.5) is 0 Å². The summed E-state index contributed by atoms with van der Waals surface area (Å²) in [6.07, 6.45) is 0.932. The molecule has 0 radical (unpaired) electrons. The minimum absolute atomic E-state index is 0.226. The van der Waals surface area contributed by atoms with E-state index in [0.717, 1.165) is 17.7 Å². The first kappa shape index (κ1) is 19.2. The van der Waals surface area contributed by atoms with Gasteiger partial charge in [-0.15, -0.1) is 0 Å². The van der Waals surface area contributed by atoms with E-state index in [9.17, 15) is 4.79 Å². The smallest absolute Gasteiger partial charge is 0.348 e. The van der Waals surface area contributed by atoms with E-state index in [1.54, 1.807) is 0 Å². The van der Waals surface area contributed by atoms with E-state index in [0.29, 0.717) is 19.5 Å². The molecule has 4 rings (SSSR count). The molecule has 0 unspecified atom stereocenters. The first-order valence-electron chi connectivity index (χ1n) is 9.99. The van der Waals surface area contributed by atoms with Gasteiger partial charge in [-0.3, -0.25) is 4.90 Å². The lowest BCUT2D eigenvalue weighted by molar-refractivity contribution is -0.158. The molecular weight excluding hydrogens is 362 g/mol. The molecule has 0 N–H and O–H groups in total. The van der Waals surface area contributed by atoms with Crippen LogP contribution in [0.15, 0.2) is 84.9 Å². The fourth-order valence-corrected chi connectivity index (χ4v) is 3.57. The summed E-state index contributed by atoms with van der Waals surface area (Å²) in [6.45, 7) is 1.64. The average molecular weight is 387 g/mol. The minimum Gasteiger partial charge on any atom is -0.478 e. The topological polar surface area (TPSA) is 38.8 Å². The molecular formula is C25H25NO3. The maximum Gasteiger partial charge on any atom is 0.348 e. The molecule has 0 bridgehead atoms. The van der Waals surface area contributed by atoms with Gasteiger partial charge in [-0.1, -0.05) is 78.9 Å². The van der Waals surface area contributed by atoms with Crippen LogP contribution in [0.2, 0.25) is 0 Å². The largest absolute Gasteiger partial charge is 0.478 e. The number of carbonyl (C=O) groups excluding carboxylic acids is 1. The third-order valence-electron chi connectivity index (χ3n) is 5.07. The van der Waals surface area contributed by atoms with Crippen LogP contribution in [0.25, 0.3) is 0 Å². The first-order valence-corrected chi connectivity index (χ1v) is 9.99. The molecule has 0 aliphatic carbocycles. The van der Waals surface area contributed by atoms with Crippen LogP contribution in [-0.2, 0) is 29.0 Å². The number of benzene rings is 3. The van der Waals surface area contributed by atoms with Crippen LogP contribution in [0.3, 0.4) is 0 Å². The number of fused-ring (bicyclic) bond motifs is 1. The number of hydrogen-bond donors (Lipinski definition) is 0. The molecule has 1 heterocycles.